The summed E-state index contributed by atoms with van der Waals surface area (Å²) in [7, 11) is 0. The highest BCUT2D eigenvalue weighted by Crippen LogP contribution is 2.30. The molecule has 0 fully saturated rings. The summed E-state index contributed by atoms with van der Waals surface area (Å²) in [5.74, 6) is 0. The third kappa shape index (κ3) is 2.13. The summed E-state index contributed by atoms with van der Waals surface area (Å²) in [5, 5.41) is 1.17. The molecule has 0 spiro atoms. The summed E-state index contributed by atoms with van der Waals surface area (Å²) in [6.07, 6.45) is 0. The minimum atomic E-state index is -0.119. The van der Waals surface area contributed by atoms with Crippen LogP contribution in [0.3, 0.4) is 0 Å². The van der Waals surface area contributed by atoms with Crippen LogP contribution in [-0.2, 0) is 0 Å². The largest absolute Gasteiger partial charge is 0.326 e. The molecule has 0 aliphatic carbocycles. The first-order chi connectivity index (χ1) is 7.58. The summed E-state index contributed by atoms with van der Waals surface area (Å²) in [4.78, 5) is 13.8. The van der Waals surface area contributed by atoms with Gasteiger partial charge in [-0.15, -0.1) is 0 Å². The Morgan fingerprint density at radius 2 is 1.75 bits per heavy atom. The Bertz CT molecular complexity index is 590. The van der Waals surface area contributed by atoms with Crippen LogP contribution in [0.4, 0.5) is 0 Å². The SMILES string of the molecule is Cc1[nH]c(=O)ccc1-c1ccc(Cl)cc1Cl. The van der Waals surface area contributed by atoms with Crippen LogP contribution in [0.25, 0.3) is 11.1 Å². The highest BCUT2D eigenvalue weighted by molar-refractivity contribution is 6.36. The number of halogens is 2. The van der Waals surface area contributed by atoms with E-state index >= 15 is 0 Å². The number of rotatable bonds is 1. The lowest BCUT2D eigenvalue weighted by atomic mass is 10.0. The molecule has 2 nitrogen and oxygen atoms in total. The Morgan fingerprint density at radius 3 is 2.38 bits per heavy atom. The van der Waals surface area contributed by atoms with Gasteiger partial charge < -0.3 is 4.98 Å². The first-order valence-corrected chi connectivity index (χ1v) is 5.49. The molecule has 0 amide bonds. The van der Waals surface area contributed by atoms with Gasteiger partial charge in [-0.2, -0.15) is 0 Å². The number of nitrogens with one attached hydrogen (secondary N) is 1. The molecule has 0 radical (unpaired) electrons. The lowest BCUT2D eigenvalue weighted by Gasteiger charge is -2.07. The van der Waals surface area contributed by atoms with Crippen molar-refractivity contribution in [3.05, 3.63) is 56.4 Å². The Hall–Kier alpha value is -1.25. The Kier molecular flexibility index (Phi) is 3.03. The monoisotopic (exact) mass is 253 g/mol. The highest BCUT2D eigenvalue weighted by atomic mass is 35.5. The van der Waals surface area contributed by atoms with E-state index < -0.39 is 0 Å². The second-order valence-corrected chi connectivity index (χ2v) is 4.33. The van der Waals surface area contributed by atoms with Gasteiger partial charge in [-0.1, -0.05) is 29.3 Å². The predicted octanol–water partition coefficient (Wildman–Crippen LogP) is 3.66. The molecule has 0 unspecified atom stereocenters. The molecule has 0 bridgehead atoms. The maximum absolute atomic E-state index is 11.1. The number of benzene rings is 1. The van der Waals surface area contributed by atoms with Gasteiger partial charge in [0.25, 0.3) is 0 Å². The van der Waals surface area contributed by atoms with Crippen molar-refractivity contribution in [1.29, 1.82) is 0 Å². The van der Waals surface area contributed by atoms with Gasteiger partial charge in [-0.05, 0) is 25.1 Å². The fourth-order valence-electron chi connectivity index (χ4n) is 1.58. The molecule has 1 N–H and O–H groups in total. The van der Waals surface area contributed by atoms with Crippen LogP contribution in [0.15, 0.2) is 35.1 Å². The molecule has 4 heteroatoms. The van der Waals surface area contributed by atoms with Crippen LogP contribution in [0.5, 0.6) is 0 Å². The van der Waals surface area contributed by atoms with Crippen molar-refractivity contribution in [3.8, 4) is 11.1 Å². The van der Waals surface area contributed by atoms with Crippen LogP contribution in [0.2, 0.25) is 10.0 Å². The minimum absolute atomic E-state index is 0.119. The molecule has 0 saturated heterocycles. The number of hydrogen-bond donors (Lipinski definition) is 1. The van der Waals surface area contributed by atoms with E-state index in [2.05, 4.69) is 4.98 Å². The van der Waals surface area contributed by atoms with E-state index in [1.165, 1.54) is 6.07 Å². The average molecular weight is 254 g/mol. The number of H-pyrrole nitrogens is 1. The Morgan fingerprint density at radius 1 is 1.06 bits per heavy atom. The summed E-state index contributed by atoms with van der Waals surface area (Å²) in [5.41, 5.74) is 2.43. The fraction of sp³-hybridized carbons (Fsp3) is 0.0833. The number of pyridine rings is 1. The minimum Gasteiger partial charge on any atom is -0.326 e. The molecule has 2 aromatic rings. The zero-order chi connectivity index (χ0) is 11.7. The van der Waals surface area contributed by atoms with Crippen molar-refractivity contribution in [3.63, 3.8) is 0 Å². The summed E-state index contributed by atoms with van der Waals surface area (Å²) >= 11 is 11.9. The van der Waals surface area contributed by atoms with E-state index in [0.29, 0.717) is 10.0 Å². The molecule has 0 aliphatic heterocycles. The summed E-state index contributed by atoms with van der Waals surface area (Å²) in [6, 6.07) is 8.53. The Labute approximate surface area is 103 Å². The van der Waals surface area contributed by atoms with Gasteiger partial charge in [-0.25, -0.2) is 0 Å². The normalized spacial score (nSPS) is 10.4. The second kappa shape index (κ2) is 4.32. The molecule has 16 heavy (non-hydrogen) atoms. The number of aromatic nitrogens is 1. The van der Waals surface area contributed by atoms with Gasteiger partial charge in [0.1, 0.15) is 0 Å². The fourth-order valence-corrected chi connectivity index (χ4v) is 2.09. The maximum atomic E-state index is 11.1. The van der Waals surface area contributed by atoms with E-state index in [1.54, 1.807) is 18.2 Å². The van der Waals surface area contributed by atoms with Crippen LogP contribution in [0.1, 0.15) is 5.69 Å². The van der Waals surface area contributed by atoms with Crippen molar-refractivity contribution in [2.24, 2.45) is 0 Å². The first-order valence-electron chi connectivity index (χ1n) is 4.73. The third-order valence-electron chi connectivity index (χ3n) is 2.34. The molecule has 0 saturated carbocycles. The van der Waals surface area contributed by atoms with E-state index in [-0.39, 0.29) is 5.56 Å². The molecule has 0 aliphatic rings. The molecule has 1 heterocycles. The quantitative estimate of drug-likeness (QED) is 0.827. The highest BCUT2D eigenvalue weighted by Gasteiger charge is 2.07. The van der Waals surface area contributed by atoms with Crippen molar-refractivity contribution in [2.45, 2.75) is 6.92 Å². The van der Waals surface area contributed by atoms with E-state index in [4.69, 9.17) is 23.2 Å². The van der Waals surface area contributed by atoms with Crippen LogP contribution in [0, 0.1) is 6.92 Å². The second-order valence-electron chi connectivity index (χ2n) is 3.49. The van der Waals surface area contributed by atoms with Crippen molar-refractivity contribution >= 4 is 23.2 Å². The molecule has 2 rings (SSSR count). The first kappa shape index (κ1) is 11.2. The molecule has 1 aromatic carbocycles. The van der Waals surface area contributed by atoms with Crippen LogP contribution >= 0.6 is 23.2 Å². The molecule has 82 valence electrons. The van der Waals surface area contributed by atoms with Gasteiger partial charge in [0.15, 0.2) is 0 Å². The number of hydrogen-bond acceptors (Lipinski definition) is 1. The lowest BCUT2D eigenvalue weighted by Crippen LogP contribution is -2.05. The van der Waals surface area contributed by atoms with E-state index in [9.17, 15) is 4.79 Å². The van der Waals surface area contributed by atoms with Crippen LogP contribution in [-0.4, -0.2) is 4.98 Å². The predicted molar refractivity (Wildman–Crippen MR) is 67.3 cm³/mol. The molecular weight excluding hydrogens is 245 g/mol. The number of aryl methyl sites for hydroxylation is 1. The topological polar surface area (TPSA) is 32.9 Å². The van der Waals surface area contributed by atoms with Crippen molar-refractivity contribution in [1.82, 2.24) is 4.98 Å². The van der Waals surface area contributed by atoms with Crippen molar-refractivity contribution < 1.29 is 0 Å². The smallest absolute Gasteiger partial charge is 0.248 e. The average Bonchev–Trinajstić information content (AvgIpc) is 2.19. The van der Waals surface area contributed by atoms with Gasteiger partial charge in [0.05, 0.1) is 0 Å². The zero-order valence-corrected chi connectivity index (χ0v) is 10.1. The third-order valence-corrected chi connectivity index (χ3v) is 2.89. The maximum Gasteiger partial charge on any atom is 0.248 e. The van der Waals surface area contributed by atoms with E-state index in [0.717, 1.165) is 16.8 Å². The van der Waals surface area contributed by atoms with Gasteiger partial charge in [-0.3, -0.25) is 4.79 Å². The Balaban J connectivity index is 2.63. The summed E-state index contributed by atoms with van der Waals surface area (Å²) in [6.45, 7) is 1.83. The molecular formula is C12H9Cl2NO. The van der Waals surface area contributed by atoms with Crippen molar-refractivity contribution in [2.75, 3.05) is 0 Å². The molecule has 0 atom stereocenters. The zero-order valence-electron chi connectivity index (χ0n) is 8.55. The molecule has 1 aromatic heterocycles. The van der Waals surface area contributed by atoms with Gasteiger partial charge >= 0.3 is 0 Å². The lowest BCUT2D eigenvalue weighted by molar-refractivity contribution is 1.15. The summed E-state index contributed by atoms with van der Waals surface area (Å²) < 4.78 is 0. The standard InChI is InChI=1S/C12H9Cl2NO/c1-7-9(4-5-12(16)15-7)10-3-2-8(13)6-11(10)14/h2-6H,1H3,(H,15,16). The number of aromatic amines is 1. The van der Waals surface area contributed by atoms with Crippen LogP contribution < -0.4 is 5.56 Å². The van der Waals surface area contributed by atoms with Gasteiger partial charge in [0, 0.05) is 32.9 Å². The van der Waals surface area contributed by atoms with Gasteiger partial charge in [0.2, 0.25) is 5.56 Å². The van der Waals surface area contributed by atoms with E-state index in [1.807, 2.05) is 13.0 Å².